The molecule has 1 N–H and O–H groups in total. The number of carbonyl (C=O) groups excluding carboxylic acids is 1. The maximum atomic E-state index is 11.2. The van der Waals surface area contributed by atoms with Crippen LogP contribution in [0.25, 0.3) is 0 Å². The van der Waals surface area contributed by atoms with Crippen molar-refractivity contribution in [2.24, 2.45) is 5.92 Å². The van der Waals surface area contributed by atoms with Gasteiger partial charge >= 0.3 is 11.9 Å². The second-order valence-corrected chi connectivity index (χ2v) is 5.20. The van der Waals surface area contributed by atoms with Crippen molar-refractivity contribution < 1.29 is 23.9 Å². The van der Waals surface area contributed by atoms with Crippen molar-refractivity contribution in [2.75, 3.05) is 33.8 Å². The molecule has 0 saturated heterocycles. The van der Waals surface area contributed by atoms with Crippen molar-refractivity contribution in [1.82, 2.24) is 0 Å². The number of nitrogens with zero attached hydrogens (tertiary/aromatic N) is 2. The van der Waals surface area contributed by atoms with Crippen LogP contribution in [0.2, 0.25) is 0 Å². The number of carbonyl (C=O) groups is 2. The summed E-state index contributed by atoms with van der Waals surface area (Å²) >= 11 is 0. The predicted molar refractivity (Wildman–Crippen MR) is 69.0 cm³/mol. The molecule has 0 saturated carbocycles. The zero-order chi connectivity index (χ0) is 15.1. The average Bonchev–Trinajstić information content (AvgIpc) is 2.26. The van der Waals surface area contributed by atoms with Gasteiger partial charge in [-0.2, -0.15) is 5.26 Å². The maximum Gasteiger partial charge on any atom is 0.359 e. The number of aliphatic carboxylic acids is 1. The van der Waals surface area contributed by atoms with Gasteiger partial charge in [0.25, 0.3) is 0 Å². The number of nitriles is 1. The Hall–Kier alpha value is -1.87. The quantitative estimate of drug-likeness (QED) is 0.400. The van der Waals surface area contributed by atoms with Gasteiger partial charge in [-0.15, -0.1) is 0 Å². The number of ether oxygens (including phenoxy) is 1. The Morgan fingerprint density at radius 1 is 1.47 bits per heavy atom. The summed E-state index contributed by atoms with van der Waals surface area (Å²) in [4.78, 5) is 21.9. The lowest BCUT2D eigenvalue weighted by molar-refractivity contribution is -0.883. The van der Waals surface area contributed by atoms with Crippen LogP contribution in [0.4, 0.5) is 0 Å². The number of rotatable bonds is 8. The number of likely N-dealkylation sites (N-methyl/N-ethyl adjacent to an activating group) is 1. The van der Waals surface area contributed by atoms with E-state index in [-0.39, 0.29) is 17.6 Å². The van der Waals surface area contributed by atoms with Crippen LogP contribution in [0.15, 0.2) is 12.2 Å². The van der Waals surface area contributed by atoms with E-state index in [9.17, 15) is 9.59 Å². The van der Waals surface area contributed by atoms with E-state index in [1.54, 1.807) is 14.1 Å². The van der Waals surface area contributed by atoms with Gasteiger partial charge in [0.05, 0.1) is 32.6 Å². The van der Waals surface area contributed by atoms with Crippen LogP contribution in [0.3, 0.4) is 0 Å². The van der Waals surface area contributed by atoms with Gasteiger partial charge in [-0.3, -0.25) is 0 Å². The molecule has 19 heavy (non-hydrogen) atoms. The summed E-state index contributed by atoms with van der Waals surface area (Å²) in [5, 5.41) is 17.7. The van der Waals surface area contributed by atoms with Gasteiger partial charge in [0.2, 0.25) is 0 Å². The first-order valence-corrected chi connectivity index (χ1v) is 5.94. The highest BCUT2D eigenvalue weighted by molar-refractivity contribution is 5.86. The van der Waals surface area contributed by atoms with E-state index in [0.717, 1.165) is 0 Å². The third kappa shape index (κ3) is 7.95. The Balaban J connectivity index is 4.21. The molecule has 0 aliphatic heterocycles. The normalized spacial score (nSPS) is 12.3. The van der Waals surface area contributed by atoms with E-state index >= 15 is 0 Å². The van der Waals surface area contributed by atoms with Gasteiger partial charge in [-0.1, -0.05) is 6.58 Å². The zero-order valence-electron chi connectivity index (χ0n) is 11.7. The number of carboxylic acid groups (broad SMARTS) is 1. The standard InChI is InChI=1S/C13H20N2O4/c1-10(2)13(18)19-9-11(7-14)5-6-15(3,4)8-12(16)17/h11H,1,5-6,8-9H2,2-4H3/p+1. The van der Waals surface area contributed by atoms with Gasteiger partial charge in [0.1, 0.15) is 6.61 Å². The fourth-order valence-electron chi connectivity index (χ4n) is 1.44. The second kappa shape index (κ2) is 7.54. The summed E-state index contributed by atoms with van der Waals surface area (Å²) in [5.41, 5.74) is 0.290. The summed E-state index contributed by atoms with van der Waals surface area (Å²) in [6.45, 7) is 5.51. The Labute approximate surface area is 113 Å². The highest BCUT2D eigenvalue weighted by Gasteiger charge is 2.22. The molecule has 1 unspecified atom stereocenters. The molecule has 0 radical (unpaired) electrons. The lowest BCUT2D eigenvalue weighted by Gasteiger charge is -2.28. The van der Waals surface area contributed by atoms with Crippen molar-refractivity contribution in [3.63, 3.8) is 0 Å². The predicted octanol–water partition coefficient (Wildman–Crippen LogP) is 0.797. The van der Waals surface area contributed by atoms with Gasteiger partial charge in [-0.05, 0) is 6.92 Å². The first-order chi connectivity index (χ1) is 8.68. The molecular weight excluding hydrogens is 248 g/mol. The molecule has 0 rings (SSSR count). The molecule has 0 aromatic heterocycles. The topological polar surface area (TPSA) is 87.4 Å². The van der Waals surface area contributed by atoms with E-state index in [2.05, 4.69) is 12.6 Å². The Morgan fingerprint density at radius 3 is 2.47 bits per heavy atom. The number of esters is 1. The molecule has 0 aromatic carbocycles. The number of hydrogen-bond donors (Lipinski definition) is 1. The molecule has 0 spiro atoms. The lowest BCUT2D eigenvalue weighted by atomic mass is 10.1. The summed E-state index contributed by atoms with van der Waals surface area (Å²) in [6, 6.07) is 2.06. The van der Waals surface area contributed by atoms with Gasteiger partial charge < -0.3 is 14.3 Å². The Morgan fingerprint density at radius 2 is 2.05 bits per heavy atom. The summed E-state index contributed by atoms with van der Waals surface area (Å²) < 4.78 is 5.20. The molecule has 0 heterocycles. The molecule has 0 amide bonds. The lowest BCUT2D eigenvalue weighted by Crippen LogP contribution is -2.45. The molecule has 0 aliphatic carbocycles. The minimum absolute atomic E-state index is 0.00919. The average molecular weight is 269 g/mol. The van der Waals surface area contributed by atoms with E-state index in [0.29, 0.717) is 18.5 Å². The maximum absolute atomic E-state index is 11.2. The number of quaternary nitrogens is 1. The molecule has 0 bridgehead atoms. The minimum atomic E-state index is -0.882. The summed E-state index contributed by atoms with van der Waals surface area (Å²) in [6.07, 6.45) is 0.472. The van der Waals surface area contributed by atoms with Crippen molar-refractivity contribution in [2.45, 2.75) is 13.3 Å². The van der Waals surface area contributed by atoms with Crippen LogP contribution in [0.1, 0.15) is 13.3 Å². The van der Waals surface area contributed by atoms with E-state index in [4.69, 9.17) is 15.1 Å². The summed E-state index contributed by atoms with van der Waals surface area (Å²) in [7, 11) is 3.56. The highest BCUT2D eigenvalue weighted by atomic mass is 16.5. The van der Waals surface area contributed by atoms with Crippen LogP contribution < -0.4 is 0 Å². The van der Waals surface area contributed by atoms with E-state index < -0.39 is 17.9 Å². The molecule has 0 fully saturated rings. The summed E-state index contributed by atoms with van der Waals surface area (Å²) in [5.74, 6) is -1.83. The second-order valence-electron chi connectivity index (χ2n) is 5.20. The van der Waals surface area contributed by atoms with Gasteiger partial charge in [0, 0.05) is 12.0 Å². The number of hydrogen-bond acceptors (Lipinski definition) is 4. The third-order valence-electron chi connectivity index (χ3n) is 2.59. The molecule has 6 heteroatoms. The molecule has 0 aliphatic rings. The fourth-order valence-corrected chi connectivity index (χ4v) is 1.44. The fraction of sp³-hybridized carbons (Fsp3) is 0.615. The molecule has 106 valence electrons. The van der Waals surface area contributed by atoms with Crippen molar-refractivity contribution in [3.05, 3.63) is 12.2 Å². The van der Waals surface area contributed by atoms with Crippen LogP contribution in [0, 0.1) is 17.2 Å². The van der Waals surface area contributed by atoms with Crippen LogP contribution in [-0.4, -0.2) is 55.3 Å². The highest BCUT2D eigenvalue weighted by Crippen LogP contribution is 2.09. The smallest absolute Gasteiger partial charge is 0.359 e. The van der Waals surface area contributed by atoms with E-state index in [1.165, 1.54) is 6.92 Å². The van der Waals surface area contributed by atoms with Crippen LogP contribution in [-0.2, 0) is 14.3 Å². The number of carboxylic acids is 1. The Bertz CT molecular complexity index is 396. The SMILES string of the molecule is C=C(C)C(=O)OCC(C#N)CC[N+](C)(C)CC(=O)O. The van der Waals surface area contributed by atoms with Gasteiger partial charge in [-0.25, -0.2) is 9.59 Å². The molecule has 1 atom stereocenters. The van der Waals surface area contributed by atoms with Crippen molar-refractivity contribution in [1.29, 1.82) is 5.26 Å². The van der Waals surface area contributed by atoms with E-state index in [1.807, 2.05) is 0 Å². The van der Waals surface area contributed by atoms with Crippen LogP contribution in [0.5, 0.6) is 0 Å². The first kappa shape index (κ1) is 17.1. The van der Waals surface area contributed by atoms with Crippen molar-refractivity contribution in [3.8, 4) is 6.07 Å². The Kier molecular flexibility index (Phi) is 6.80. The molecule has 0 aromatic rings. The molecular formula is C13H21N2O4+. The first-order valence-electron chi connectivity index (χ1n) is 5.94. The zero-order valence-corrected chi connectivity index (χ0v) is 11.7. The monoisotopic (exact) mass is 269 g/mol. The minimum Gasteiger partial charge on any atom is -0.477 e. The van der Waals surface area contributed by atoms with Gasteiger partial charge in [0.15, 0.2) is 6.54 Å². The van der Waals surface area contributed by atoms with Crippen LogP contribution >= 0.6 is 0 Å². The van der Waals surface area contributed by atoms with Crippen molar-refractivity contribution >= 4 is 11.9 Å². The third-order valence-corrected chi connectivity index (χ3v) is 2.59. The molecule has 6 nitrogen and oxygen atoms in total. The largest absolute Gasteiger partial charge is 0.477 e.